The van der Waals surface area contributed by atoms with Gasteiger partial charge in [-0.3, -0.25) is 0 Å². The molecule has 2 heteroatoms. The minimum Gasteiger partial charge on any atom is -0.153 e. The van der Waals surface area contributed by atoms with Crippen molar-refractivity contribution in [2.45, 2.75) is 5.66 Å². The Kier molecular flexibility index (Phi) is 5.83. The fraction of sp³-hybridized carbons (Fsp3) is 0.200. The van der Waals surface area contributed by atoms with E-state index < -0.39 is 0 Å². The van der Waals surface area contributed by atoms with Crippen LogP contribution in [0.15, 0.2) is 60.7 Å². The molecule has 0 aliphatic heterocycles. The minimum absolute atomic E-state index is 0. The Morgan fingerprint density at radius 2 is 1.06 bits per heavy atom. The maximum Gasteiger partial charge on any atom is 0.0286 e. The van der Waals surface area contributed by atoms with Crippen LogP contribution in [0, 0.1) is 0 Å². The van der Waals surface area contributed by atoms with Gasteiger partial charge < -0.3 is 0 Å². The van der Waals surface area contributed by atoms with Crippen LogP contribution in [-0.2, 0) is 0 Å². The van der Waals surface area contributed by atoms with Gasteiger partial charge in [-0.1, -0.05) is 60.7 Å². The maximum absolute atomic E-state index is 2.35. The van der Waals surface area contributed by atoms with Crippen LogP contribution in [0.4, 0.5) is 0 Å². The van der Waals surface area contributed by atoms with Gasteiger partial charge in [-0.05, 0) is 24.5 Å². The van der Waals surface area contributed by atoms with Gasteiger partial charge in [0.2, 0.25) is 0 Å². The lowest BCUT2D eigenvalue weighted by molar-refractivity contribution is 1.14. The van der Waals surface area contributed by atoms with E-state index in [9.17, 15) is 0 Å². The molecule has 1 atom stereocenters. The third-order valence-corrected chi connectivity index (χ3v) is 4.38. The molecule has 0 N–H and O–H groups in total. The van der Waals surface area contributed by atoms with Crippen molar-refractivity contribution in [1.82, 2.24) is 0 Å². The Hall–Kier alpha value is -0.700. The van der Waals surface area contributed by atoms with Gasteiger partial charge >= 0.3 is 0 Å². The molecule has 0 radical (unpaired) electrons. The van der Waals surface area contributed by atoms with Crippen LogP contribution >= 0.6 is 17.8 Å². The van der Waals surface area contributed by atoms with E-state index in [1.165, 1.54) is 11.1 Å². The summed E-state index contributed by atoms with van der Waals surface area (Å²) in [6, 6.07) is 21.6. The molecule has 0 amide bonds. The molecule has 0 bridgehead atoms. The highest BCUT2D eigenvalue weighted by molar-refractivity contribution is 7.56. The predicted molar refractivity (Wildman–Crippen MR) is 84.6 cm³/mol. The molecule has 2 aromatic rings. The highest BCUT2D eigenvalue weighted by Crippen LogP contribution is 2.48. The van der Waals surface area contributed by atoms with Crippen LogP contribution in [-0.4, -0.2) is 13.3 Å². The summed E-state index contributed by atoms with van der Waals surface area (Å²) in [6.45, 7) is 4.69. The molecular formula is C15H20P2. The topological polar surface area (TPSA) is 0 Å². The van der Waals surface area contributed by atoms with Gasteiger partial charge in [-0.2, -0.15) is 9.90 Å². The van der Waals surface area contributed by atoms with Crippen LogP contribution in [0.5, 0.6) is 0 Å². The zero-order chi connectivity index (χ0) is 11.4. The highest BCUT2D eigenvalue weighted by atomic mass is 31.1. The fourth-order valence-corrected chi connectivity index (χ4v) is 3.60. The molecule has 0 saturated heterocycles. The normalized spacial score (nSPS) is 10.4. The second-order valence-corrected chi connectivity index (χ2v) is 6.63. The van der Waals surface area contributed by atoms with Gasteiger partial charge in [0.15, 0.2) is 0 Å². The summed E-state index contributed by atoms with van der Waals surface area (Å²) < 4.78 is 0. The smallest absolute Gasteiger partial charge is 0.0286 e. The Morgan fingerprint density at radius 1 is 0.706 bits per heavy atom. The van der Waals surface area contributed by atoms with Crippen molar-refractivity contribution in [2.24, 2.45) is 0 Å². The summed E-state index contributed by atoms with van der Waals surface area (Å²) in [4.78, 5) is 0. The third kappa shape index (κ3) is 3.63. The zero-order valence-electron chi connectivity index (χ0n) is 10.5. The van der Waals surface area contributed by atoms with E-state index >= 15 is 0 Å². The molecular weight excluding hydrogens is 242 g/mol. The summed E-state index contributed by atoms with van der Waals surface area (Å²) >= 11 is 0. The second-order valence-electron chi connectivity index (χ2n) is 4.19. The lowest BCUT2D eigenvalue weighted by Gasteiger charge is -2.22. The van der Waals surface area contributed by atoms with Crippen molar-refractivity contribution in [3.05, 3.63) is 71.8 Å². The van der Waals surface area contributed by atoms with E-state index in [-0.39, 0.29) is 17.8 Å². The van der Waals surface area contributed by atoms with Crippen LogP contribution in [0.1, 0.15) is 16.8 Å². The quantitative estimate of drug-likeness (QED) is 0.710. The predicted octanol–water partition coefficient (Wildman–Crippen LogP) is 4.58. The van der Waals surface area contributed by atoms with Crippen LogP contribution in [0.3, 0.4) is 0 Å². The summed E-state index contributed by atoms with van der Waals surface area (Å²) in [5, 5.41) is 0. The van der Waals surface area contributed by atoms with Crippen molar-refractivity contribution >= 4 is 17.8 Å². The Labute approximate surface area is 109 Å². The van der Waals surface area contributed by atoms with Crippen molar-refractivity contribution < 1.29 is 0 Å². The van der Waals surface area contributed by atoms with Gasteiger partial charge in [-0.25, -0.2) is 0 Å². The van der Waals surface area contributed by atoms with Crippen LogP contribution in [0.25, 0.3) is 0 Å². The first-order valence-electron chi connectivity index (χ1n) is 5.55. The van der Waals surface area contributed by atoms with Crippen LogP contribution in [0.2, 0.25) is 0 Å². The monoisotopic (exact) mass is 262 g/mol. The number of benzene rings is 2. The molecule has 0 nitrogen and oxygen atoms in total. The number of rotatable bonds is 3. The van der Waals surface area contributed by atoms with E-state index in [0.717, 1.165) is 0 Å². The van der Waals surface area contributed by atoms with Crippen LogP contribution < -0.4 is 0 Å². The SMILES string of the molecule is CP(C)C(c1ccccc1)c1ccccc1.P. The van der Waals surface area contributed by atoms with Gasteiger partial charge in [0.05, 0.1) is 0 Å². The average Bonchev–Trinajstić information content (AvgIpc) is 2.31. The largest absolute Gasteiger partial charge is 0.153 e. The summed E-state index contributed by atoms with van der Waals surface area (Å²) in [6.07, 6.45) is 0. The number of hydrogen-bond acceptors (Lipinski definition) is 0. The molecule has 0 fully saturated rings. The van der Waals surface area contributed by atoms with Gasteiger partial charge in [0.25, 0.3) is 0 Å². The lowest BCUT2D eigenvalue weighted by Crippen LogP contribution is -1.97. The van der Waals surface area contributed by atoms with E-state index in [1.54, 1.807) is 0 Å². The molecule has 0 aliphatic rings. The van der Waals surface area contributed by atoms with Crippen molar-refractivity contribution in [2.75, 3.05) is 13.3 Å². The first-order chi connectivity index (χ1) is 7.79. The standard InChI is InChI=1S/C15H17P.H3P/c1-16(2)15(13-9-5-3-6-10-13)14-11-7-4-8-12-14;/h3-12,15H,1-2H3;1H3. The molecule has 0 aromatic heterocycles. The molecule has 90 valence electrons. The zero-order valence-corrected chi connectivity index (χ0v) is 12.8. The first kappa shape index (κ1) is 14.4. The summed E-state index contributed by atoms with van der Waals surface area (Å²) in [5.41, 5.74) is 3.44. The molecule has 0 spiro atoms. The lowest BCUT2D eigenvalue weighted by atomic mass is 10.0. The molecule has 2 aromatic carbocycles. The van der Waals surface area contributed by atoms with Crippen molar-refractivity contribution in [1.29, 1.82) is 0 Å². The molecule has 17 heavy (non-hydrogen) atoms. The molecule has 2 rings (SSSR count). The fourth-order valence-electron chi connectivity index (χ4n) is 2.06. The second kappa shape index (κ2) is 6.90. The van der Waals surface area contributed by atoms with E-state index in [4.69, 9.17) is 0 Å². The van der Waals surface area contributed by atoms with E-state index in [0.29, 0.717) is 5.66 Å². The Bertz CT molecular complexity index is 384. The highest BCUT2D eigenvalue weighted by Gasteiger charge is 2.16. The molecule has 0 aliphatic carbocycles. The van der Waals surface area contributed by atoms with Gasteiger partial charge in [0.1, 0.15) is 0 Å². The van der Waals surface area contributed by atoms with E-state index in [1.807, 2.05) is 0 Å². The van der Waals surface area contributed by atoms with Crippen molar-refractivity contribution in [3.8, 4) is 0 Å². The molecule has 0 heterocycles. The Morgan fingerprint density at radius 3 is 1.35 bits per heavy atom. The number of hydrogen-bond donors (Lipinski definition) is 0. The maximum atomic E-state index is 2.35. The van der Waals surface area contributed by atoms with Gasteiger partial charge in [0, 0.05) is 5.66 Å². The molecule has 1 unspecified atom stereocenters. The van der Waals surface area contributed by atoms with E-state index in [2.05, 4.69) is 74.0 Å². The van der Waals surface area contributed by atoms with Crippen molar-refractivity contribution in [3.63, 3.8) is 0 Å². The minimum atomic E-state index is -0.0165. The first-order valence-corrected chi connectivity index (χ1v) is 7.86. The molecule has 0 saturated carbocycles. The average molecular weight is 262 g/mol. The Balaban J connectivity index is 0.00000144. The summed E-state index contributed by atoms with van der Waals surface area (Å²) in [5.74, 6) is 0. The summed E-state index contributed by atoms with van der Waals surface area (Å²) in [7, 11) is -0.0165. The third-order valence-electron chi connectivity index (χ3n) is 2.75. The van der Waals surface area contributed by atoms with Gasteiger partial charge in [-0.15, -0.1) is 7.92 Å².